The molecule has 0 radical (unpaired) electrons. The zero-order valence-electron chi connectivity index (χ0n) is 31.4. The van der Waals surface area contributed by atoms with Gasteiger partial charge in [-0.25, -0.2) is 18.6 Å². The lowest BCUT2D eigenvalue weighted by Gasteiger charge is -2.38. The number of phenolic OH excluding ortho intramolecular Hbond substituents is 1. The molecule has 2 atom stereocenters. The molecule has 2 N–H and O–H groups in total. The first-order valence-electron chi connectivity index (χ1n) is 18.8. The van der Waals surface area contributed by atoms with Crippen LogP contribution < -0.4 is 15.2 Å². The predicted octanol–water partition coefficient (Wildman–Crippen LogP) is 7.69. The lowest BCUT2D eigenvalue weighted by molar-refractivity contribution is 0.107. The third kappa shape index (κ3) is 6.73. The number of aromatic hydroxyl groups is 1. The van der Waals surface area contributed by atoms with E-state index in [0.29, 0.717) is 77.9 Å². The smallest absolute Gasteiger partial charge is 0.319 e. The molecule has 5 heterocycles. The van der Waals surface area contributed by atoms with Crippen molar-refractivity contribution in [3.63, 3.8) is 0 Å². The number of hydrazine groups is 1. The Balaban J connectivity index is 1.40. The van der Waals surface area contributed by atoms with Gasteiger partial charge < -0.3 is 14.6 Å². The molecule has 53 heavy (non-hydrogen) atoms. The SMILES string of the molecule is CC(C)[Si](C#Cc1c(F)ccc2cc(O)cc(-c3ncc4c(N5CCOCCN5)nc(OC[C@@]56CCCN5C[C@H](F)C6)nc4c3F)c12)(C(C)C)C(C)C. The van der Waals surface area contributed by atoms with Crippen molar-refractivity contribution in [2.75, 3.05) is 51.0 Å². The highest BCUT2D eigenvalue weighted by atomic mass is 28.3. The fraction of sp³-hybridized carbons (Fsp3) is 0.525. The van der Waals surface area contributed by atoms with Crippen LogP contribution in [0.4, 0.5) is 19.0 Å². The zero-order chi connectivity index (χ0) is 37.7. The van der Waals surface area contributed by atoms with Crippen LogP contribution in [0.5, 0.6) is 11.8 Å². The van der Waals surface area contributed by atoms with E-state index in [2.05, 4.69) is 73.3 Å². The van der Waals surface area contributed by atoms with Gasteiger partial charge in [-0.15, -0.1) is 5.54 Å². The summed E-state index contributed by atoms with van der Waals surface area (Å²) in [7, 11) is -2.28. The van der Waals surface area contributed by atoms with Gasteiger partial charge in [-0.05, 0) is 59.6 Å². The van der Waals surface area contributed by atoms with E-state index >= 15 is 8.78 Å². The van der Waals surface area contributed by atoms with E-state index in [1.54, 1.807) is 11.1 Å². The van der Waals surface area contributed by atoms with Crippen molar-refractivity contribution in [3.05, 3.63) is 47.7 Å². The monoisotopic (exact) mass is 746 g/mol. The first-order chi connectivity index (χ1) is 25.3. The fourth-order valence-corrected chi connectivity index (χ4v) is 14.4. The molecule has 0 unspecified atom stereocenters. The summed E-state index contributed by atoms with van der Waals surface area (Å²) >= 11 is 0. The van der Waals surface area contributed by atoms with E-state index < -0.39 is 31.4 Å². The molecular formula is C40H49F3N6O3Si. The van der Waals surface area contributed by atoms with Crippen LogP contribution in [-0.4, -0.2) is 90.7 Å². The molecule has 7 rings (SSSR count). The molecule has 2 aromatic heterocycles. The van der Waals surface area contributed by atoms with Crippen LogP contribution in [0.2, 0.25) is 16.6 Å². The number of nitrogens with one attached hydrogen (secondary N) is 1. The van der Waals surface area contributed by atoms with Gasteiger partial charge in [-0.3, -0.25) is 14.9 Å². The Kier molecular flexibility index (Phi) is 10.4. The lowest BCUT2D eigenvalue weighted by atomic mass is 9.95. The van der Waals surface area contributed by atoms with Gasteiger partial charge in [-0.1, -0.05) is 53.5 Å². The van der Waals surface area contributed by atoms with Crippen molar-refractivity contribution in [1.29, 1.82) is 0 Å². The quantitative estimate of drug-likeness (QED) is 0.139. The highest BCUT2D eigenvalue weighted by Crippen LogP contribution is 2.43. The average molecular weight is 747 g/mol. The van der Waals surface area contributed by atoms with E-state index in [0.717, 1.165) is 19.4 Å². The molecule has 0 spiro atoms. The number of benzene rings is 2. The zero-order valence-corrected chi connectivity index (χ0v) is 32.4. The van der Waals surface area contributed by atoms with Crippen LogP contribution in [0.15, 0.2) is 30.5 Å². The van der Waals surface area contributed by atoms with Crippen molar-refractivity contribution < 1.29 is 27.8 Å². The molecule has 2 aromatic carbocycles. The number of rotatable bonds is 8. The van der Waals surface area contributed by atoms with E-state index in [1.165, 1.54) is 24.4 Å². The van der Waals surface area contributed by atoms with Crippen molar-refractivity contribution in [3.8, 4) is 34.5 Å². The van der Waals surface area contributed by atoms with Crippen LogP contribution in [0, 0.1) is 23.1 Å². The Morgan fingerprint density at radius 1 is 1.08 bits per heavy atom. The Labute approximate surface area is 310 Å². The van der Waals surface area contributed by atoms with E-state index in [4.69, 9.17) is 14.5 Å². The number of fused-ring (bicyclic) bond motifs is 3. The third-order valence-electron chi connectivity index (χ3n) is 11.7. The molecule has 0 aliphatic carbocycles. The minimum atomic E-state index is -2.28. The maximum atomic E-state index is 17.2. The molecule has 3 aliphatic heterocycles. The second-order valence-electron chi connectivity index (χ2n) is 15.7. The number of anilines is 1. The molecule has 3 saturated heterocycles. The number of ether oxygens (including phenoxy) is 2. The number of hydrogen-bond donors (Lipinski definition) is 2. The number of pyridine rings is 1. The van der Waals surface area contributed by atoms with Gasteiger partial charge in [-0.2, -0.15) is 9.97 Å². The largest absolute Gasteiger partial charge is 0.508 e. The molecule has 4 aromatic rings. The van der Waals surface area contributed by atoms with Gasteiger partial charge in [0.2, 0.25) is 0 Å². The minimum absolute atomic E-state index is 0.0465. The average Bonchev–Trinajstić information content (AvgIpc) is 3.49. The summed E-state index contributed by atoms with van der Waals surface area (Å²) in [5, 5.41) is 13.9. The highest BCUT2D eigenvalue weighted by molar-refractivity contribution is 6.90. The summed E-state index contributed by atoms with van der Waals surface area (Å²) < 4.78 is 59.7. The third-order valence-corrected chi connectivity index (χ3v) is 18.0. The molecule has 0 saturated carbocycles. The van der Waals surface area contributed by atoms with E-state index in [1.807, 2.05) is 0 Å². The van der Waals surface area contributed by atoms with Gasteiger partial charge in [0.15, 0.2) is 11.6 Å². The number of phenols is 1. The van der Waals surface area contributed by atoms with Crippen LogP contribution in [-0.2, 0) is 4.74 Å². The van der Waals surface area contributed by atoms with Gasteiger partial charge in [0.25, 0.3) is 0 Å². The van der Waals surface area contributed by atoms with Crippen LogP contribution in [0.3, 0.4) is 0 Å². The van der Waals surface area contributed by atoms with Gasteiger partial charge >= 0.3 is 6.01 Å². The standard InChI is InChI=1S/C40H49F3N6O3Si/c1-24(2)53(25(3)4,26(5)6)17-10-30-33(42)9-8-27-18-29(50)19-31(34(27)30)36-35(43)37-32(21-44-36)38(49-14-16-51-15-12-45-49)47-39(46-37)52-23-40-11-7-13-48(40)22-28(41)20-40/h8-9,18-19,21,24-26,28,45,50H,7,11-16,20,22-23H2,1-6H3/t28-,40+/m1/s1. The van der Waals surface area contributed by atoms with Crippen molar-refractivity contribution in [1.82, 2.24) is 25.3 Å². The molecule has 9 nitrogen and oxygen atoms in total. The van der Waals surface area contributed by atoms with Crippen LogP contribution >= 0.6 is 0 Å². The lowest BCUT2D eigenvalue weighted by Crippen LogP contribution is -2.43. The summed E-state index contributed by atoms with van der Waals surface area (Å²) in [6.45, 7) is 16.3. The van der Waals surface area contributed by atoms with Crippen molar-refractivity contribution >= 4 is 35.6 Å². The minimum Gasteiger partial charge on any atom is -0.508 e. The second kappa shape index (κ2) is 14.7. The Hall–Kier alpha value is -3.96. The molecule has 3 fully saturated rings. The molecule has 0 bridgehead atoms. The molecule has 0 amide bonds. The van der Waals surface area contributed by atoms with Gasteiger partial charge in [0.1, 0.15) is 43.6 Å². The Morgan fingerprint density at radius 2 is 1.85 bits per heavy atom. The number of alkyl halides is 1. The van der Waals surface area contributed by atoms with Crippen molar-refractivity contribution in [2.45, 2.75) is 89.1 Å². The summed E-state index contributed by atoms with van der Waals surface area (Å²) in [6.07, 6.45) is 2.67. The summed E-state index contributed by atoms with van der Waals surface area (Å²) in [5.74, 6) is 2.18. The number of aromatic nitrogens is 3. The topological polar surface area (TPSA) is 95.9 Å². The second-order valence-corrected chi connectivity index (χ2v) is 21.3. The summed E-state index contributed by atoms with van der Waals surface area (Å²) in [5.41, 5.74) is 7.55. The maximum Gasteiger partial charge on any atom is 0.319 e. The van der Waals surface area contributed by atoms with Crippen LogP contribution in [0.25, 0.3) is 32.9 Å². The maximum absolute atomic E-state index is 17.2. The van der Waals surface area contributed by atoms with Gasteiger partial charge in [0.05, 0.1) is 36.2 Å². The van der Waals surface area contributed by atoms with Crippen LogP contribution in [0.1, 0.15) is 66.4 Å². The Morgan fingerprint density at radius 3 is 2.60 bits per heavy atom. The first kappa shape index (κ1) is 37.4. The molecule has 3 aliphatic rings. The first-order valence-corrected chi connectivity index (χ1v) is 21.0. The van der Waals surface area contributed by atoms with E-state index in [9.17, 15) is 9.50 Å². The van der Waals surface area contributed by atoms with Crippen molar-refractivity contribution in [2.24, 2.45) is 0 Å². The number of hydrogen-bond acceptors (Lipinski definition) is 9. The predicted molar refractivity (Wildman–Crippen MR) is 204 cm³/mol. The molecular weight excluding hydrogens is 698 g/mol. The molecule has 13 heteroatoms. The molecule has 282 valence electrons. The highest BCUT2D eigenvalue weighted by Gasteiger charge is 2.49. The summed E-state index contributed by atoms with van der Waals surface area (Å²) in [6, 6.07) is 5.78. The number of halogens is 3. The van der Waals surface area contributed by atoms with Gasteiger partial charge in [0, 0.05) is 36.7 Å². The fourth-order valence-electron chi connectivity index (χ4n) is 9.24. The summed E-state index contributed by atoms with van der Waals surface area (Å²) in [4.78, 5) is 16.1. The van der Waals surface area contributed by atoms with E-state index in [-0.39, 0.29) is 40.7 Å². The Bertz CT molecular complexity index is 2060. The normalized spacial score (nSPS) is 21.1. The number of nitrogens with zero attached hydrogens (tertiary/aromatic N) is 5.